The minimum atomic E-state index is -0.927. The van der Waals surface area contributed by atoms with Gasteiger partial charge < -0.3 is 11.1 Å². The second-order valence-corrected chi connectivity index (χ2v) is 7.51. The number of rotatable bonds is 6. The highest BCUT2D eigenvalue weighted by Gasteiger charge is 2.24. The largest absolute Gasteiger partial charge is 0.348 e. The molecule has 8 heteroatoms. The van der Waals surface area contributed by atoms with E-state index in [1.807, 2.05) is 20.0 Å². The normalized spacial score (nSPS) is 15.3. The van der Waals surface area contributed by atoms with Crippen molar-refractivity contribution in [1.82, 2.24) is 15.1 Å². The Balaban J connectivity index is 1.76. The van der Waals surface area contributed by atoms with Gasteiger partial charge in [-0.25, -0.2) is 8.78 Å². The molecule has 1 aliphatic rings. The fourth-order valence-electron chi connectivity index (χ4n) is 3.34. The number of carbonyl (C=O) groups excluding carboxylic acids is 1. The van der Waals surface area contributed by atoms with Gasteiger partial charge in [0.1, 0.15) is 0 Å². The van der Waals surface area contributed by atoms with Crippen molar-refractivity contribution in [3.8, 4) is 0 Å². The number of aryl methyl sites for hydroxylation is 1. The summed E-state index contributed by atoms with van der Waals surface area (Å²) in [6, 6.07) is 5.13. The molecule has 0 radical (unpaired) electrons. The molecule has 152 valence electrons. The molecular formula is C21H22F2N4OS. The Morgan fingerprint density at radius 1 is 1.34 bits per heavy atom. The lowest BCUT2D eigenvalue weighted by atomic mass is 9.90. The van der Waals surface area contributed by atoms with Crippen molar-refractivity contribution in [1.29, 1.82) is 0 Å². The highest BCUT2D eigenvalue weighted by atomic mass is 32.1. The zero-order chi connectivity index (χ0) is 21.1. The molecule has 0 aliphatic heterocycles. The van der Waals surface area contributed by atoms with Gasteiger partial charge in [0.25, 0.3) is 5.91 Å². The fourth-order valence-corrected chi connectivity index (χ4v) is 3.64. The van der Waals surface area contributed by atoms with E-state index < -0.39 is 17.7 Å². The molecule has 0 saturated heterocycles. The lowest BCUT2D eigenvalue weighted by Crippen LogP contribution is -2.43. The van der Waals surface area contributed by atoms with Gasteiger partial charge in [-0.1, -0.05) is 18.3 Å². The molecule has 29 heavy (non-hydrogen) atoms. The van der Waals surface area contributed by atoms with Gasteiger partial charge in [-0.3, -0.25) is 9.48 Å². The minimum Gasteiger partial charge on any atom is -0.348 e. The number of halogens is 2. The molecule has 3 N–H and O–H groups in total. The second-order valence-electron chi connectivity index (χ2n) is 7.02. The number of nitrogens with two attached hydrogens (primary N) is 1. The number of hydrogen-bond acceptors (Lipinski definition) is 4. The van der Waals surface area contributed by atoms with Crippen LogP contribution in [0.2, 0.25) is 0 Å². The zero-order valence-corrected chi connectivity index (χ0v) is 17.0. The predicted molar refractivity (Wildman–Crippen MR) is 112 cm³/mol. The molecule has 0 unspecified atom stereocenters. The Labute approximate surface area is 173 Å². The van der Waals surface area contributed by atoms with Crippen molar-refractivity contribution in [2.75, 3.05) is 6.54 Å². The fraction of sp³-hybridized carbons (Fsp3) is 0.286. The van der Waals surface area contributed by atoms with Crippen LogP contribution in [-0.2, 0) is 18.3 Å². The minimum absolute atomic E-state index is 0.153. The molecule has 0 fully saturated rings. The number of amides is 1. The highest BCUT2D eigenvalue weighted by molar-refractivity contribution is 7.81. The summed E-state index contributed by atoms with van der Waals surface area (Å²) < 4.78 is 28.3. The van der Waals surface area contributed by atoms with E-state index in [0.717, 1.165) is 29.0 Å². The van der Waals surface area contributed by atoms with Crippen LogP contribution in [0.3, 0.4) is 0 Å². The maximum atomic E-state index is 13.4. The van der Waals surface area contributed by atoms with Crippen molar-refractivity contribution in [3.63, 3.8) is 0 Å². The summed E-state index contributed by atoms with van der Waals surface area (Å²) >= 11 is 5.49. The van der Waals surface area contributed by atoms with Crippen molar-refractivity contribution in [2.45, 2.75) is 25.8 Å². The molecule has 1 aromatic carbocycles. The Morgan fingerprint density at radius 2 is 2.10 bits per heavy atom. The van der Waals surface area contributed by atoms with E-state index in [9.17, 15) is 13.6 Å². The second kappa shape index (κ2) is 8.75. The third-order valence-electron chi connectivity index (χ3n) is 4.94. The number of benzene rings is 1. The topological polar surface area (TPSA) is 72.9 Å². The molecule has 1 amide bonds. The van der Waals surface area contributed by atoms with Crippen LogP contribution in [0.4, 0.5) is 8.78 Å². The maximum absolute atomic E-state index is 13.4. The van der Waals surface area contributed by atoms with Gasteiger partial charge in [0, 0.05) is 37.1 Å². The maximum Gasteiger partial charge on any atom is 0.252 e. The van der Waals surface area contributed by atoms with Crippen LogP contribution in [0.25, 0.3) is 5.57 Å². The number of nitrogens with zero attached hydrogens (tertiary/aromatic N) is 2. The number of nitrogens with one attached hydrogen (secondary N) is 1. The van der Waals surface area contributed by atoms with Gasteiger partial charge in [-0.15, -0.1) is 0 Å². The van der Waals surface area contributed by atoms with E-state index in [1.54, 1.807) is 17.0 Å². The molecule has 0 saturated carbocycles. The molecule has 0 spiro atoms. The van der Waals surface area contributed by atoms with Crippen molar-refractivity contribution < 1.29 is 13.6 Å². The molecule has 0 bridgehead atoms. The van der Waals surface area contributed by atoms with Crippen LogP contribution in [0.15, 0.2) is 47.7 Å². The third-order valence-corrected chi connectivity index (χ3v) is 5.30. The van der Waals surface area contributed by atoms with Crippen LogP contribution >= 0.6 is 12.2 Å². The Hall–Kier alpha value is -2.71. The van der Waals surface area contributed by atoms with E-state index in [2.05, 4.69) is 10.4 Å². The summed E-state index contributed by atoms with van der Waals surface area (Å²) in [6.07, 6.45) is 4.24. The summed E-state index contributed by atoms with van der Waals surface area (Å²) in [5.74, 6) is -2.16. The van der Waals surface area contributed by atoms with Crippen LogP contribution < -0.4 is 11.1 Å². The number of hydrogen-bond donors (Lipinski definition) is 2. The first-order valence-corrected chi connectivity index (χ1v) is 9.58. The molecule has 5 nitrogen and oxygen atoms in total. The first-order valence-electron chi connectivity index (χ1n) is 9.18. The van der Waals surface area contributed by atoms with Crippen LogP contribution in [-0.4, -0.2) is 33.1 Å². The van der Waals surface area contributed by atoms with Crippen molar-refractivity contribution in [3.05, 3.63) is 70.6 Å². The quantitative estimate of drug-likeness (QED) is 0.711. The molecule has 3 rings (SSSR count). The van der Waals surface area contributed by atoms with Gasteiger partial charge >= 0.3 is 0 Å². The van der Waals surface area contributed by atoms with Crippen LogP contribution in [0.5, 0.6) is 0 Å². The molecule has 1 heterocycles. The summed E-state index contributed by atoms with van der Waals surface area (Å²) in [5.41, 5.74) is 9.68. The van der Waals surface area contributed by atoms with E-state index in [-0.39, 0.29) is 18.9 Å². The average Bonchev–Trinajstić information content (AvgIpc) is 3.11. The summed E-state index contributed by atoms with van der Waals surface area (Å²) in [4.78, 5) is 13.3. The summed E-state index contributed by atoms with van der Waals surface area (Å²) in [6.45, 7) is 2.08. The first-order chi connectivity index (χ1) is 13.8. The van der Waals surface area contributed by atoms with Crippen molar-refractivity contribution in [2.24, 2.45) is 12.8 Å². The van der Waals surface area contributed by atoms with E-state index in [0.29, 0.717) is 22.4 Å². The van der Waals surface area contributed by atoms with Gasteiger partial charge in [0.2, 0.25) is 0 Å². The van der Waals surface area contributed by atoms with E-state index in [1.165, 1.54) is 6.07 Å². The molecular weight excluding hydrogens is 394 g/mol. The number of thiocarbonyl (C=S) groups is 1. The summed E-state index contributed by atoms with van der Waals surface area (Å²) in [7, 11) is 1.86. The van der Waals surface area contributed by atoms with Gasteiger partial charge in [0.05, 0.1) is 11.3 Å². The lowest BCUT2D eigenvalue weighted by molar-refractivity contribution is -0.117. The van der Waals surface area contributed by atoms with Crippen LogP contribution in [0, 0.1) is 11.6 Å². The Morgan fingerprint density at radius 3 is 2.72 bits per heavy atom. The number of aromatic nitrogens is 2. The molecule has 1 aromatic heterocycles. The number of carbonyl (C=O) groups is 1. The SMILES string of the molecule is CC1=C(c2ccnn2C)CC(=S)C(C(=O)N[C@H](CN)Cc2ccc(F)c(F)c2)=C1. The van der Waals surface area contributed by atoms with Gasteiger partial charge in [-0.05, 0) is 54.3 Å². The smallest absolute Gasteiger partial charge is 0.252 e. The Bertz CT molecular complexity index is 1030. The standard InChI is InChI=1S/C21H22F2N4OS/c1-12-7-16(20(29)10-15(12)19-5-6-25-27(19)2)21(28)26-14(11-24)8-13-3-4-17(22)18(23)9-13/h3-7,9,14H,8,10-11,24H2,1-2H3,(H,26,28)/t14-/m0/s1. The zero-order valence-electron chi connectivity index (χ0n) is 16.2. The van der Waals surface area contributed by atoms with Crippen molar-refractivity contribution >= 4 is 28.6 Å². The summed E-state index contributed by atoms with van der Waals surface area (Å²) in [5, 5.41) is 7.04. The monoisotopic (exact) mass is 416 g/mol. The molecule has 1 aliphatic carbocycles. The predicted octanol–water partition coefficient (Wildman–Crippen LogP) is 2.86. The molecule has 2 aromatic rings. The van der Waals surface area contributed by atoms with E-state index in [4.69, 9.17) is 18.0 Å². The van der Waals surface area contributed by atoms with Crippen LogP contribution in [0.1, 0.15) is 24.6 Å². The average molecular weight is 416 g/mol. The number of allylic oxidation sites excluding steroid dienone is 3. The molecule has 1 atom stereocenters. The Kier molecular flexibility index (Phi) is 6.34. The first kappa shape index (κ1) is 21.0. The third kappa shape index (κ3) is 4.65. The highest BCUT2D eigenvalue weighted by Crippen LogP contribution is 2.30. The lowest BCUT2D eigenvalue weighted by Gasteiger charge is -2.22. The van der Waals surface area contributed by atoms with Gasteiger partial charge in [-0.2, -0.15) is 5.10 Å². The van der Waals surface area contributed by atoms with Gasteiger partial charge in [0.15, 0.2) is 11.6 Å². The van der Waals surface area contributed by atoms with E-state index >= 15 is 0 Å².